The van der Waals surface area contributed by atoms with Gasteiger partial charge in [-0.15, -0.1) is 5.10 Å². The standard InChI is InChI=1S/C7H11BrN4/c8-7-4-10-11-12(7)5-6-2-1-3-9-6/h4,6,9H,1-3,5H2. The van der Waals surface area contributed by atoms with Gasteiger partial charge in [0.15, 0.2) is 0 Å². The second kappa shape index (κ2) is 3.53. The largest absolute Gasteiger partial charge is 0.312 e. The van der Waals surface area contributed by atoms with Crippen LogP contribution in [0.3, 0.4) is 0 Å². The highest BCUT2D eigenvalue weighted by molar-refractivity contribution is 9.10. The summed E-state index contributed by atoms with van der Waals surface area (Å²) in [5, 5.41) is 11.2. The quantitative estimate of drug-likeness (QED) is 0.818. The predicted octanol–water partition coefficient (Wildman–Crippen LogP) is 0.793. The predicted molar refractivity (Wildman–Crippen MR) is 48.7 cm³/mol. The third kappa shape index (κ3) is 1.67. The van der Waals surface area contributed by atoms with Gasteiger partial charge in [-0.05, 0) is 35.3 Å². The van der Waals surface area contributed by atoms with E-state index >= 15 is 0 Å². The average molecular weight is 231 g/mol. The van der Waals surface area contributed by atoms with Gasteiger partial charge in [-0.1, -0.05) is 5.21 Å². The highest BCUT2D eigenvalue weighted by Gasteiger charge is 2.15. The molecule has 5 heteroatoms. The highest BCUT2D eigenvalue weighted by atomic mass is 79.9. The molecule has 1 aromatic rings. The highest BCUT2D eigenvalue weighted by Crippen LogP contribution is 2.11. The van der Waals surface area contributed by atoms with Gasteiger partial charge in [0.1, 0.15) is 4.60 Å². The summed E-state index contributed by atoms with van der Waals surface area (Å²) in [5.41, 5.74) is 0. The van der Waals surface area contributed by atoms with Crippen molar-refractivity contribution in [3.63, 3.8) is 0 Å². The lowest BCUT2D eigenvalue weighted by Gasteiger charge is -2.09. The van der Waals surface area contributed by atoms with E-state index in [9.17, 15) is 0 Å². The molecule has 1 saturated heterocycles. The van der Waals surface area contributed by atoms with Gasteiger partial charge in [0.05, 0.1) is 12.7 Å². The molecule has 66 valence electrons. The van der Waals surface area contributed by atoms with Crippen LogP contribution < -0.4 is 5.32 Å². The lowest BCUT2D eigenvalue weighted by Crippen LogP contribution is -2.27. The smallest absolute Gasteiger partial charge is 0.124 e. The summed E-state index contributed by atoms with van der Waals surface area (Å²) in [6.07, 6.45) is 4.23. The zero-order valence-corrected chi connectivity index (χ0v) is 8.29. The fraction of sp³-hybridized carbons (Fsp3) is 0.714. The molecular formula is C7H11BrN4. The number of hydrogen-bond donors (Lipinski definition) is 1. The topological polar surface area (TPSA) is 42.7 Å². The van der Waals surface area contributed by atoms with E-state index in [0.29, 0.717) is 6.04 Å². The monoisotopic (exact) mass is 230 g/mol. The van der Waals surface area contributed by atoms with E-state index in [-0.39, 0.29) is 0 Å². The molecule has 1 unspecified atom stereocenters. The fourth-order valence-corrected chi connectivity index (χ4v) is 1.80. The van der Waals surface area contributed by atoms with Crippen LogP contribution in [0.5, 0.6) is 0 Å². The Morgan fingerprint density at radius 1 is 1.75 bits per heavy atom. The number of hydrogen-bond acceptors (Lipinski definition) is 3. The molecule has 1 aromatic heterocycles. The molecule has 1 N–H and O–H groups in total. The molecular weight excluding hydrogens is 220 g/mol. The van der Waals surface area contributed by atoms with Crippen LogP contribution in [0.25, 0.3) is 0 Å². The van der Waals surface area contributed by atoms with Crippen molar-refractivity contribution < 1.29 is 0 Å². The van der Waals surface area contributed by atoms with Crippen LogP contribution in [0.15, 0.2) is 10.8 Å². The van der Waals surface area contributed by atoms with Crippen molar-refractivity contribution in [2.75, 3.05) is 6.54 Å². The molecule has 1 fully saturated rings. The Balaban J connectivity index is 1.98. The van der Waals surface area contributed by atoms with Crippen LogP contribution >= 0.6 is 15.9 Å². The summed E-state index contributed by atoms with van der Waals surface area (Å²) in [6.45, 7) is 2.05. The minimum atomic E-state index is 0.572. The van der Waals surface area contributed by atoms with Gasteiger partial charge in [-0.25, -0.2) is 4.68 Å². The Kier molecular flexibility index (Phi) is 2.41. The lowest BCUT2D eigenvalue weighted by atomic mass is 10.2. The molecule has 2 heterocycles. The summed E-state index contributed by atoms with van der Waals surface area (Å²) in [6, 6.07) is 0.572. The molecule has 0 aromatic carbocycles. The van der Waals surface area contributed by atoms with E-state index in [1.807, 2.05) is 4.68 Å². The van der Waals surface area contributed by atoms with Crippen LogP contribution in [0.1, 0.15) is 12.8 Å². The van der Waals surface area contributed by atoms with Crippen LogP contribution in [-0.2, 0) is 6.54 Å². The first kappa shape index (κ1) is 8.19. The van der Waals surface area contributed by atoms with Crippen LogP contribution in [0.2, 0.25) is 0 Å². The number of aromatic nitrogens is 3. The van der Waals surface area contributed by atoms with Crippen LogP contribution in [-0.4, -0.2) is 27.6 Å². The maximum atomic E-state index is 3.96. The second-order valence-electron chi connectivity index (χ2n) is 3.03. The maximum absolute atomic E-state index is 3.96. The zero-order chi connectivity index (χ0) is 8.39. The Bertz CT molecular complexity index is 254. The van der Waals surface area contributed by atoms with E-state index in [0.717, 1.165) is 17.7 Å². The minimum Gasteiger partial charge on any atom is -0.312 e. The summed E-state index contributed by atoms with van der Waals surface area (Å²) >= 11 is 3.38. The van der Waals surface area contributed by atoms with Crippen molar-refractivity contribution in [3.05, 3.63) is 10.8 Å². The van der Waals surface area contributed by atoms with E-state index in [2.05, 4.69) is 31.6 Å². The lowest BCUT2D eigenvalue weighted by molar-refractivity contribution is 0.461. The summed E-state index contributed by atoms with van der Waals surface area (Å²) in [5.74, 6) is 0. The summed E-state index contributed by atoms with van der Waals surface area (Å²) in [7, 11) is 0. The number of nitrogens with one attached hydrogen (secondary N) is 1. The van der Waals surface area contributed by atoms with Crippen molar-refractivity contribution in [1.82, 2.24) is 20.3 Å². The second-order valence-corrected chi connectivity index (χ2v) is 3.84. The van der Waals surface area contributed by atoms with Gasteiger partial charge in [-0.3, -0.25) is 0 Å². The minimum absolute atomic E-state index is 0.572. The Morgan fingerprint density at radius 3 is 3.25 bits per heavy atom. The van der Waals surface area contributed by atoms with Gasteiger partial charge >= 0.3 is 0 Å². The van der Waals surface area contributed by atoms with E-state index in [1.165, 1.54) is 12.8 Å². The van der Waals surface area contributed by atoms with Crippen molar-refractivity contribution in [1.29, 1.82) is 0 Å². The van der Waals surface area contributed by atoms with Crippen molar-refractivity contribution in [3.8, 4) is 0 Å². The van der Waals surface area contributed by atoms with Gasteiger partial charge in [-0.2, -0.15) is 0 Å². The molecule has 0 bridgehead atoms. The molecule has 0 aliphatic carbocycles. The van der Waals surface area contributed by atoms with Gasteiger partial charge in [0.25, 0.3) is 0 Å². The number of nitrogens with zero attached hydrogens (tertiary/aromatic N) is 3. The first-order chi connectivity index (χ1) is 5.86. The molecule has 0 spiro atoms. The molecule has 2 rings (SSSR count). The number of halogens is 1. The molecule has 1 aliphatic heterocycles. The summed E-state index contributed by atoms with van der Waals surface area (Å²) < 4.78 is 2.83. The van der Waals surface area contributed by atoms with Gasteiger partial charge in [0.2, 0.25) is 0 Å². The Hall–Kier alpha value is -0.420. The molecule has 0 radical (unpaired) electrons. The van der Waals surface area contributed by atoms with E-state index in [4.69, 9.17) is 0 Å². The van der Waals surface area contributed by atoms with Crippen LogP contribution in [0, 0.1) is 0 Å². The van der Waals surface area contributed by atoms with E-state index < -0.39 is 0 Å². The first-order valence-corrected chi connectivity index (χ1v) is 4.93. The molecule has 1 atom stereocenters. The number of rotatable bonds is 2. The van der Waals surface area contributed by atoms with Gasteiger partial charge in [0, 0.05) is 6.04 Å². The molecule has 0 amide bonds. The molecule has 4 nitrogen and oxygen atoms in total. The van der Waals surface area contributed by atoms with Crippen molar-refractivity contribution in [2.45, 2.75) is 25.4 Å². The Morgan fingerprint density at radius 2 is 2.67 bits per heavy atom. The zero-order valence-electron chi connectivity index (χ0n) is 6.70. The molecule has 1 aliphatic rings. The fourth-order valence-electron chi connectivity index (χ4n) is 1.49. The first-order valence-electron chi connectivity index (χ1n) is 4.13. The third-order valence-corrected chi connectivity index (χ3v) is 2.74. The normalized spacial score (nSPS) is 23.2. The average Bonchev–Trinajstić information content (AvgIpc) is 2.65. The SMILES string of the molecule is Brc1cnnn1CC1CCCN1. The van der Waals surface area contributed by atoms with Crippen molar-refractivity contribution >= 4 is 15.9 Å². The molecule has 12 heavy (non-hydrogen) atoms. The third-order valence-electron chi connectivity index (χ3n) is 2.13. The Labute approximate surface area is 79.5 Å². The molecule has 0 saturated carbocycles. The summed E-state index contributed by atoms with van der Waals surface area (Å²) in [4.78, 5) is 0. The van der Waals surface area contributed by atoms with Gasteiger partial charge < -0.3 is 5.32 Å². The maximum Gasteiger partial charge on any atom is 0.124 e. The van der Waals surface area contributed by atoms with E-state index in [1.54, 1.807) is 6.20 Å². The van der Waals surface area contributed by atoms with Crippen LogP contribution in [0.4, 0.5) is 0 Å². The van der Waals surface area contributed by atoms with Crippen molar-refractivity contribution in [2.24, 2.45) is 0 Å².